The average Bonchev–Trinajstić information content (AvgIpc) is 3.41. The zero-order valence-corrected chi connectivity index (χ0v) is 18.6. The largest absolute Gasteiger partial charge is 0.466 e. The van der Waals surface area contributed by atoms with Gasteiger partial charge >= 0.3 is 5.97 Å². The number of thiazole rings is 1. The number of β-amino-alcohol motifs (C(OH)–C–C–N with tert-alkyl or cyclic N) is 1. The van der Waals surface area contributed by atoms with Crippen LogP contribution in [0.2, 0.25) is 0 Å². The number of amides is 1. The van der Waals surface area contributed by atoms with Gasteiger partial charge in [0.1, 0.15) is 10.7 Å². The molecule has 0 atom stereocenters. The van der Waals surface area contributed by atoms with Crippen molar-refractivity contribution >= 4 is 28.9 Å². The Balaban J connectivity index is 1.60. The van der Waals surface area contributed by atoms with Gasteiger partial charge in [-0.2, -0.15) is 0 Å². The maximum atomic E-state index is 12.7. The van der Waals surface area contributed by atoms with E-state index in [1.807, 2.05) is 36.6 Å². The lowest BCUT2D eigenvalue weighted by Gasteiger charge is -2.15. The minimum absolute atomic E-state index is 0.0977. The lowest BCUT2D eigenvalue weighted by Crippen LogP contribution is -2.31. The first-order valence-corrected chi connectivity index (χ1v) is 11.0. The van der Waals surface area contributed by atoms with Crippen molar-refractivity contribution in [2.45, 2.75) is 6.92 Å². The summed E-state index contributed by atoms with van der Waals surface area (Å²) in [4.78, 5) is 31.1. The van der Waals surface area contributed by atoms with Crippen LogP contribution in [0.15, 0.2) is 65.2 Å². The first-order chi connectivity index (χ1) is 15.5. The third-order valence-corrected chi connectivity index (χ3v) is 6.08. The van der Waals surface area contributed by atoms with E-state index in [4.69, 9.17) is 9.72 Å². The second-order valence-corrected chi connectivity index (χ2v) is 8.26. The number of anilines is 1. The monoisotopic (exact) mass is 449 g/mol. The summed E-state index contributed by atoms with van der Waals surface area (Å²) in [6, 6.07) is 15.8. The van der Waals surface area contributed by atoms with Gasteiger partial charge in [-0.25, -0.2) is 9.78 Å². The van der Waals surface area contributed by atoms with Crippen LogP contribution in [-0.2, 0) is 14.3 Å². The Bertz CT molecular complexity index is 1180. The third kappa shape index (κ3) is 4.42. The molecular formula is C24H23N3O4S. The van der Waals surface area contributed by atoms with Crippen molar-refractivity contribution in [3.63, 3.8) is 0 Å². The molecule has 2 heterocycles. The molecule has 0 saturated heterocycles. The van der Waals surface area contributed by atoms with Crippen LogP contribution >= 0.6 is 11.3 Å². The molecule has 2 N–H and O–H groups in total. The number of esters is 1. The summed E-state index contributed by atoms with van der Waals surface area (Å²) in [5.41, 5.74) is 5.13. The van der Waals surface area contributed by atoms with Crippen LogP contribution in [0.4, 0.5) is 5.69 Å². The molecule has 0 fully saturated rings. The minimum atomic E-state index is -0.569. The van der Waals surface area contributed by atoms with Gasteiger partial charge in [0.2, 0.25) is 0 Å². The van der Waals surface area contributed by atoms with E-state index in [9.17, 15) is 14.7 Å². The summed E-state index contributed by atoms with van der Waals surface area (Å²) in [5.74, 6) is -0.916. The standard InChI is InChI=1S/C24H23N3O4S/c1-15-6-8-16(9-7-15)20-14-32-22(26-20)17-4-3-5-18(12-17)25-21-19(24(30)31-2)13-27(10-11-28)23(21)29/h3-9,12,14,25,28H,10-11,13H2,1-2H3. The molecule has 3 aromatic rings. The predicted molar refractivity (Wildman–Crippen MR) is 124 cm³/mol. The summed E-state index contributed by atoms with van der Waals surface area (Å²) in [6.45, 7) is 2.11. The number of nitrogens with one attached hydrogen (secondary N) is 1. The molecule has 0 unspecified atom stereocenters. The van der Waals surface area contributed by atoms with Crippen LogP contribution in [0.3, 0.4) is 0 Å². The number of ether oxygens (including phenoxy) is 1. The molecule has 1 aliphatic rings. The van der Waals surface area contributed by atoms with Crippen molar-refractivity contribution in [3.8, 4) is 21.8 Å². The molecule has 8 heteroatoms. The number of hydrogen-bond donors (Lipinski definition) is 2. The highest BCUT2D eigenvalue weighted by atomic mass is 32.1. The highest BCUT2D eigenvalue weighted by Gasteiger charge is 2.34. The lowest BCUT2D eigenvalue weighted by atomic mass is 10.1. The van der Waals surface area contributed by atoms with Crippen molar-refractivity contribution in [2.24, 2.45) is 0 Å². The van der Waals surface area contributed by atoms with Gasteiger partial charge < -0.3 is 20.1 Å². The zero-order valence-electron chi connectivity index (χ0n) is 17.8. The second kappa shape index (κ2) is 9.33. The predicted octanol–water partition coefficient (Wildman–Crippen LogP) is 3.46. The summed E-state index contributed by atoms with van der Waals surface area (Å²) >= 11 is 1.54. The van der Waals surface area contributed by atoms with Crippen LogP contribution in [0.25, 0.3) is 21.8 Å². The molecule has 1 amide bonds. The molecule has 0 aliphatic carbocycles. The highest BCUT2D eigenvalue weighted by Crippen LogP contribution is 2.31. The molecular weight excluding hydrogens is 426 g/mol. The second-order valence-electron chi connectivity index (χ2n) is 7.41. The molecule has 4 rings (SSSR count). The average molecular weight is 450 g/mol. The molecule has 0 radical (unpaired) electrons. The Morgan fingerprint density at radius 2 is 2.00 bits per heavy atom. The van der Waals surface area contributed by atoms with Crippen LogP contribution in [-0.4, -0.2) is 53.7 Å². The van der Waals surface area contributed by atoms with Crippen LogP contribution in [0.5, 0.6) is 0 Å². The van der Waals surface area contributed by atoms with Gasteiger partial charge in [0.25, 0.3) is 5.91 Å². The van der Waals surface area contributed by atoms with Crippen LogP contribution < -0.4 is 5.32 Å². The van der Waals surface area contributed by atoms with E-state index in [2.05, 4.69) is 29.6 Å². The maximum absolute atomic E-state index is 12.7. The van der Waals surface area contributed by atoms with Gasteiger partial charge in [-0.15, -0.1) is 11.3 Å². The fourth-order valence-electron chi connectivity index (χ4n) is 3.49. The van der Waals surface area contributed by atoms with Gasteiger partial charge in [-0.1, -0.05) is 42.0 Å². The molecule has 1 aromatic heterocycles. The first kappa shape index (κ1) is 21.7. The summed E-state index contributed by atoms with van der Waals surface area (Å²) in [7, 11) is 1.28. The molecule has 0 saturated carbocycles. The molecule has 32 heavy (non-hydrogen) atoms. The number of aliphatic hydroxyl groups excluding tert-OH is 1. The SMILES string of the molecule is COC(=O)C1=C(Nc2cccc(-c3nc(-c4ccc(C)cc4)cs3)c2)C(=O)N(CCO)C1. The Labute approximate surface area is 190 Å². The molecule has 0 spiro atoms. The number of benzene rings is 2. The Morgan fingerprint density at radius 1 is 1.22 bits per heavy atom. The minimum Gasteiger partial charge on any atom is -0.466 e. The van der Waals surface area contributed by atoms with E-state index in [1.165, 1.54) is 17.6 Å². The highest BCUT2D eigenvalue weighted by molar-refractivity contribution is 7.13. The van der Waals surface area contributed by atoms with E-state index < -0.39 is 5.97 Å². The van der Waals surface area contributed by atoms with Crippen molar-refractivity contribution in [3.05, 3.63) is 70.7 Å². The molecule has 164 valence electrons. The number of aliphatic hydroxyl groups is 1. The van der Waals surface area contributed by atoms with E-state index in [1.54, 1.807) is 11.3 Å². The zero-order chi connectivity index (χ0) is 22.7. The Kier molecular flexibility index (Phi) is 6.34. The van der Waals surface area contributed by atoms with Gasteiger partial charge in [0.05, 0.1) is 31.5 Å². The van der Waals surface area contributed by atoms with Crippen LogP contribution in [0, 0.1) is 6.92 Å². The smallest absolute Gasteiger partial charge is 0.337 e. The van der Waals surface area contributed by atoms with Crippen molar-refractivity contribution in [1.82, 2.24) is 9.88 Å². The third-order valence-electron chi connectivity index (χ3n) is 5.18. The number of aryl methyl sites for hydroxylation is 1. The van der Waals surface area contributed by atoms with E-state index >= 15 is 0 Å². The Morgan fingerprint density at radius 3 is 2.72 bits per heavy atom. The number of hydrogen-bond acceptors (Lipinski definition) is 7. The van der Waals surface area contributed by atoms with Crippen molar-refractivity contribution in [1.29, 1.82) is 0 Å². The number of carbonyl (C=O) groups is 2. The number of rotatable bonds is 7. The molecule has 1 aliphatic heterocycles. The van der Waals surface area contributed by atoms with E-state index in [-0.39, 0.29) is 36.9 Å². The topological polar surface area (TPSA) is 91.8 Å². The molecule has 2 aromatic carbocycles. The Hall–Kier alpha value is -3.49. The quantitative estimate of drug-likeness (QED) is 0.537. The van der Waals surface area contributed by atoms with Crippen molar-refractivity contribution in [2.75, 3.05) is 32.1 Å². The van der Waals surface area contributed by atoms with Crippen molar-refractivity contribution < 1.29 is 19.4 Å². The summed E-state index contributed by atoms with van der Waals surface area (Å²) in [6.07, 6.45) is 0. The summed E-state index contributed by atoms with van der Waals surface area (Å²) in [5, 5.41) is 15.2. The molecule has 0 bridgehead atoms. The van der Waals surface area contributed by atoms with E-state index in [0.717, 1.165) is 21.8 Å². The van der Waals surface area contributed by atoms with Gasteiger partial charge in [0.15, 0.2) is 0 Å². The lowest BCUT2D eigenvalue weighted by molar-refractivity contribution is -0.136. The van der Waals surface area contributed by atoms with Crippen LogP contribution in [0.1, 0.15) is 5.56 Å². The first-order valence-electron chi connectivity index (χ1n) is 10.1. The van der Waals surface area contributed by atoms with Gasteiger partial charge in [-0.3, -0.25) is 4.79 Å². The fourth-order valence-corrected chi connectivity index (χ4v) is 4.31. The van der Waals surface area contributed by atoms with E-state index in [0.29, 0.717) is 5.69 Å². The maximum Gasteiger partial charge on any atom is 0.337 e. The molecule has 7 nitrogen and oxygen atoms in total. The fraction of sp³-hybridized carbons (Fsp3) is 0.208. The number of nitrogens with zero attached hydrogens (tertiary/aromatic N) is 2. The number of aromatic nitrogens is 1. The van der Waals surface area contributed by atoms with Gasteiger partial charge in [0, 0.05) is 28.7 Å². The summed E-state index contributed by atoms with van der Waals surface area (Å²) < 4.78 is 4.84. The normalized spacial score (nSPS) is 13.6. The number of methoxy groups -OCH3 is 1. The number of carbonyl (C=O) groups excluding carboxylic acids is 2. The van der Waals surface area contributed by atoms with Gasteiger partial charge in [-0.05, 0) is 19.1 Å².